The fourth-order valence-electron chi connectivity index (χ4n) is 3.06. The minimum atomic E-state index is -0.0774. The minimum Gasteiger partial charge on any atom is -0.464 e. The van der Waals surface area contributed by atoms with Gasteiger partial charge in [0.2, 0.25) is 0 Å². The summed E-state index contributed by atoms with van der Waals surface area (Å²) in [6.07, 6.45) is 4.21. The van der Waals surface area contributed by atoms with Crippen LogP contribution in [0.5, 0.6) is 0 Å². The number of nitrogens with two attached hydrogens (primary N) is 2. The number of hydrazine groups is 1. The highest BCUT2D eigenvalue weighted by molar-refractivity contribution is 5.72. The number of likely N-dealkylation sites (tertiary alicyclic amines) is 1. The highest BCUT2D eigenvalue weighted by Crippen LogP contribution is 2.23. The molecule has 2 heterocycles. The van der Waals surface area contributed by atoms with Crippen LogP contribution in [0.2, 0.25) is 0 Å². The number of piperidine rings is 2. The molecule has 0 saturated carbocycles. The quantitative estimate of drug-likeness (QED) is 0.531. The fraction of sp³-hybridized carbons (Fsp3) is 0.923. The number of carbonyl (C=O) groups is 1. The van der Waals surface area contributed by atoms with Gasteiger partial charge in [0, 0.05) is 32.2 Å². The maximum atomic E-state index is 11.9. The van der Waals surface area contributed by atoms with Gasteiger partial charge in [-0.3, -0.25) is 15.5 Å². The van der Waals surface area contributed by atoms with E-state index >= 15 is 0 Å². The molecule has 0 amide bonds. The molecule has 0 aromatic heterocycles. The Balaban J connectivity index is 1.81. The van der Waals surface area contributed by atoms with E-state index in [-0.39, 0.29) is 11.9 Å². The van der Waals surface area contributed by atoms with Gasteiger partial charge < -0.3 is 10.5 Å². The van der Waals surface area contributed by atoms with E-state index in [1.165, 1.54) is 0 Å². The third-order valence-corrected chi connectivity index (χ3v) is 4.16. The molecular weight excluding hydrogens is 244 g/mol. The van der Waals surface area contributed by atoms with Crippen LogP contribution in [0.25, 0.3) is 0 Å². The molecule has 4 N–H and O–H groups in total. The summed E-state index contributed by atoms with van der Waals surface area (Å²) >= 11 is 0. The lowest BCUT2D eigenvalue weighted by Crippen LogP contribution is -2.51. The molecule has 2 aliphatic heterocycles. The van der Waals surface area contributed by atoms with Crippen molar-refractivity contribution in [3.05, 3.63) is 0 Å². The molecule has 0 aromatic rings. The van der Waals surface area contributed by atoms with Crippen molar-refractivity contribution >= 4 is 5.97 Å². The van der Waals surface area contributed by atoms with Crippen LogP contribution in [0.3, 0.4) is 0 Å². The largest absolute Gasteiger partial charge is 0.464 e. The van der Waals surface area contributed by atoms with Crippen LogP contribution in [0, 0.1) is 5.92 Å². The molecule has 110 valence electrons. The van der Waals surface area contributed by atoms with Gasteiger partial charge in [-0.25, -0.2) is 5.01 Å². The summed E-state index contributed by atoms with van der Waals surface area (Å²) in [6, 6.07) is 0.574. The van der Waals surface area contributed by atoms with E-state index in [1.807, 2.05) is 5.01 Å². The van der Waals surface area contributed by atoms with E-state index in [0.29, 0.717) is 19.2 Å². The maximum Gasteiger partial charge on any atom is 0.310 e. The molecule has 0 radical (unpaired) electrons. The molecule has 2 fully saturated rings. The van der Waals surface area contributed by atoms with Crippen LogP contribution in [-0.2, 0) is 9.53 Å². The Morgan fingerprint density at radius 3 is 2.63 bits per heavy atom. The zero-order valence-electron chi connectivity index (χ0n) is 11.6. The van der Waals surface area contributed by atoms with Crippen molar-refractivity contribution < 1.29 is 9.53 Å². The smallest absolute Gasteiger partial charge is 0.310 e. The Morgan fingerprint density at radius 2 is 1.95 bits per heavy atom. The molecule has 2 aliphatic rings. The molecule has 1 atom stereocenters. The molecular formula is C13H26N4O2. The van der Waals surface area contributed by atoms with Crippen molar-refractivity contribution in [3.8, 4) is 0 Å². The second-order valence-corrected chi connectivity index (χ2v) is 5.56. The predicted molar refractivity (Wildman–Crippen MR) is 73.1 cm³/mol. The van der Waals surface area contributed by atoms with Gasteiger partial charge in [0.1, 0.15) is 6.61 Å². The number of rotatable bonds is 4. The average Bonchev–Trinajstić information content (AvgIpc) is 2.45. The van der Waals surface area contributed by atoms with Crippen molar-refractivity contribution in [1.82, 2.24) is 9.91 Å². The topological polar surface area (TPSA) is 84.8 Å². The van der Waals surface area contributed by atoms with Crippen molar-refractivity contribution in [2.24, 2.45) is 17.5 Å². The lowest BCUT2D eigenvalue weighted by molar-refractivity contribution is -0.150. The Hall–Kier alpha value is -0.690. The van der Waals surface area contributed by atoms with Crippen LogP contribution < -0.4 is 11.6 Å². The Bertz CT molecular complexity index is 292. The first-order valence-corrected chi connectivity index (χ1v) is 7.31. The first kappa shape index (κ1) is 14.7. The lowest BCUT2D eigenvalue weighted by atomic mass is 9.94. The SMILES string of the molecule is NCCOC(=O)C1CCCN(C2CCN(N)CC2)C1. The third kappa shape index (κ3) is 4.14. The summed E-state index contributed by atoms with van der Waals surface area (Å²) in [5.74, 6) is 5.73. The van der Waals surface area contributed by atoms with E-state index in [0.717, 1.165) is 51.9 Å². The van der Waals surface area contributed by atoms with Crippen molar-refractivity contribution in [2.45, 2.75) is 31.7 Å². The third-order valence-electron chi connectivity index (χ3n) is 4.16. The van der Waals surface area contributed by atoms with E-state index in [4.69, 9.17) is 16.3 Å². The van der Waals surface area contributed by atoms with E-state index in [1.54, 1.807) is 0 Å². The molecule has 2 saturated heterocycles. The van der Waals surface area contributed by atoms with Gasteiger partial charge in [-0.2, -0.15) is 0 Å². The molecule has 6 heteroatoms. The molecule has 1 unspecified atom stereocenters. The van der Waals surface area contributed by atoms with Crippen LogP contribution in [-0.4, -0.2) is 61.3 Å². The highest BCUT2D eigenvalue weighted by atomic mass is 16.5. The van der Waals surface area contributed by atoms with Gasteiger partial charge in [-0.05, 0) is 32.2 Å². The first-order valence-electron chi connectivity index (χ1n) is 7.31. The minimum absolute atomic E-state index is 0.0243. The van der Waals surface area contributed by atoms with Crippen LogP contribution in [0.15, 0.2) is 0 Å². The van der Waals surface area contributed by atoms with Gasteiger partial charge in [0.25, 0.3) is 0 Å². The average molecular weight is 270 g/mol. The van der Waals surface area contributed by atoms with Crippen molar-refractivity contribution in [2.75, 3.05) is 39.3 Å². The standard InChI is InChI=1S/C13H26N4O2/c14-5-9-19-13(18)11-2-1-6-16(10-11)12-3-7-17(15)8-4-12/h11-12H,1-10,14-15H2. The van der Waals surface area contributed by atoms with Gasteiger partial charge in [-0.1, -0.05) is 0 Å². The molecule has 0 aromatic carbocycles. The highest BCUT2D eigenvalue weighted by Gasteiger charge is 2.31. The monoisotopic (exact) mass is 270 g/mol. The Labute approximate surface area is 115 Å². The normalized spacial score (nSPS) is 27.4. The second kappa shape index (κ2) is 7.19. The summed E-state index contributed by atoms with van der Waals surface area (Å²) in [6.45, 7) is 4.56. The van der Waals surface area contributed by atoms with E-state index < -0.39 is 0 Å². The Morgan fingerprint density at radius 1 is 1.21 bits per heavy atom. The first-order chi connectivity index (χ1) is 9.20. The molecule has 6 nitrogen and oxygen atoms in total. The van der Waals surface area contributed by atoms with Gasteiger partial charge in [0.15, 0.2) is 0 Å². The van der Waals surface area contributed by atoms with E-state index in [2.05, 4.69) is 4.90 Å². The molecule has 0 bridgehead atoms. The van der Waals surface area contributed by atoms with Crippen molar-refractivity contribution in [1.29, 1.82) is 0 Å². The number of carbonyl (C=O) groups excluding carboxylic acids is 1. The number of nitrogens with zero attached hydrogens (tertiary/aromatic N) is 2. The summed E-state index contributed by atoms with van der Waals surface area (Å²) in [5, 5.41) is 1.88. The molecule has 0 aliphatic carbocycles. The fourth-order valence-corrected chi connectivity index (χ4v) is 3.06. The maximum absolute atomic E-state index is 11.9. The summed E-state index contributed by atoms with van der Waals surface area (Å²) in [4.78, 5) is 14.4. The zero-order valence-corrected chi connectivity index (χ0v) is 11.6. The molecule has 2 rings (SSSR count). The number of hydrogen-bond acceptors (Lipinski definition) is 6. The molecule has 0 spiro atoms. The second-order valence-electron chi connectivity index (χ2n) is 5.56. The summed E-state index contributed by atoms with van der Waals surface area (Å²) in [5.41, 5.74) is 5.36. The van der Waals surface area contributed by atoms with Gasteiger partial charge in [0.05, 0.1) is 5.92 Å². The van der Waals surface area contributed by atoms with E-state index in [9.17, 15) is 4.79 Å². The lowest BCUT2D eigenvalue weighted by Gasteiger charge is -2.40. The summed E-state index contributed by atoms with van der Waals surface area (Å²) < 4.78 is 5.16. The van der Waals surface area contributed by atoms with Crippen LogP contribution in [0.1, 0.15) is 25.7 Å². The predicted octanol–water partition coefficient (Wildman–Crippen LogP) is -0.462. The number of hydrogen-bond donors (Lipinski definition) is 2. The molecule has 19 heavy (non-hydrogen) atoms. The summed E-state index contributed by atoms with van der Waals surface area (Å²) in [7, 11) is 0. The van der Waals surface area contributed by atoms with Crippen LogP contribution >= 0.6 is 0 Å². The number of esters is 1. The van der Waals surface area contributed by atoms with Crippen molar-refractivity contribution in [3.63, 3.8) is 0 Å². The zero-order chi connectivity index (χ0) is 13.7. The van der Waals surface area contributed by atoms with Gasteiger partial charge >= 0.3 is 5.97 Å². The number of ether oxygens (including phenoxy) is 1. The Kier molecular flexibility index (Phi) is 5.57. The van der Waals surface area contributed by atoms with Crippen LogP contribution in [0.4, 0.5) is 0 Å². The van der Waals surface area contributed by atoms with Gasteiger partial charge in [-0.15, -0.1) is 0 Å².